The normalized spacial score (nSPS) is 15.2. The molecule has 0 aliphatic carbocycles. The Morgan fingerprint density at radius 3 is 2.64 bits per heavy atom. The maximum atomic E-state index is 12.5. The van der Waals surface area contributed by atoms with E-state index in [0.29, 0.717) is 5.56 Å². The zero-order chi connectivity index (χ0) is 10.3. The largest absolute Gasteiger partial charge is 0.416 e. The molecule has 1 aromatic rings. The fraction of sp³-hybridized carbons (Fsp3) is 0.222. The van der Waals surface area contributed by atoms with E-state index in [9.17, 15) is 13.2 Å². The van der Waals surface area contributed by atoms with Crippen LogP contribution < -0.4 is 5.73 Å². The van der Waals surface area contributed by atoms with Crippen molar-refractivity contribution < 1.29 is 13.2 Å². The van der Waals surface area contributed by atoms with Gasteiger partial charge in [0.05, 0.1) is 12.1 Å². The minimum atomic E-state index is -4.33. The first kappa shape index (κ1) is 9.05. The number of rotatable bonds is 0. The van der Waals surface area contributed by atoms with E-state index < -0.39 is 11.7 Å². The van der Waals surface area contributed by atoms with E-state index in [4.69, 9.17) is 5.73 Å². The highest BCUT2D eigenvalue weighted by atomic mass is 19.4. The molecule has 0 fully saturated rings. The second-order valence-corrected chi connectivity index (χ2v) is 3.03. The zero-order valence-corrected chi connectivity index (χ0v) is 7.10. The van der Waals surface area contributed by atoms with Gasteiger partial charge in [-0.25, -0.2) is 0 Å². The summed E-state index contributed by atoms with van der Waals surface area (Å²) in [6.07, 6.45) is -4.33. The van der Waals surface area contributed by atoms with Crippen LogP contribution in [0.4, 0.5) is 13.2 Å². The average molecular weight is 200 g/mol. The van der Waals surface area contributed by atoms with Crippen LogP contribution >= 0.6 is 0 Å². The molecule has 5 heteroatoms. The summed E-state index contributed by atoms with van der Waals surface area (Å²) in [6, 6.07) is 3.94. The molecular formula is C9H7F3N2. The highest BCUT2D eigenvalue weighted by Gasteiger charge is 2.35. The van der Waals surface area contributed by atoms with E-state index in [1.165, 1.54) is 6.07 Å². The predicted octanol–water partition coefficient (Wildman–Crippen LogP) is 1.92. The Labute approximate surface area is 78.3 Å². The highest BCUT2D eigenvalue weighted by Crippen LogP contribution is 2.35. The zero-order valence-electron chi connectivity index (χ0n) is 7.10. The predicted molar refractivity (Wildman–Crippen MR) is 45.9 cm³/mol. The Morgan fingerprint density at radius 1 is 1.29 bits per heavy atom. The van der Waals surface area contributed by atoms with E-state index in [1.54, 1.807) is 6.07 Å². The Kier molecular flexibility index (Phi) is 1.77. The molecule has 1 aliphatic rings. The lowest BCUT2D eigenvalue weighted by molar-refractivity contribution is -0.138. The topological polar surface area (TPSA) is 38.4 Å². The van der Waals surface area contributed by atoms with E-state index in [0.717, 1.165) is 6.07 Å². The smallest absolute Gasteiger partial charge is 0.383 e. The van der Waals surface area contributed by atoms with Gasteiger partial charge in [0.25, 0.3) is 0 Å². The number of nitrogens with zero attached hydrogens (tertiary/aromatic N) is 1. The molecule has 0 radical (unpaired) electrons. The molecule has 0 atom stereocenters. The van der Waals surface area contributed by atoms with Gasteiger partial charge in [-0.1, -0.05) is 12.1 Å². The van der Waals surface area contributed by atoms with Gasteiger partial charge >= 0.3 is 6.18 Å². The molecular weight excluding hydrogens is 193 g/mol. The van der Waals surface area contributed by atoms with Crippen molar-refractivity contribution in [2.45, 2.75) is 12.7 Å². The SMILES string of the molecule is NC1=NCc2c1cccc2C(F)(F)F. The van der Waals surface area contributed by atoms with E-state index in [-0.39, 0.29) is 17.9 Å². The molecule has 1 aliphatic heterocycles. The van der Waals surface area contributed by atoms with Crippen LogP contribution in [0.15, 0.2) is 23.2 Å². The van der Waals surface area contributed by atoms with Crippen LogP contribution in [0.5, 0.6) is 0 Å². The van der Waals surface area contributed by atoms with Gasteiger partial charge in [-0.3, -0.25) is 4.99 Å². The number of fused-ring (bicyclic) bond motifs is 1. The molecule has 1 heterocycles. The van der Waals surface area contributed by atoms with Crippen molar-refractivity contribution in [3.8, 4) is 0 Å². The number of alkyl halides is 3. The molecule has 0 unspecified atom stereocenters. The van der Waals surface area contributed by atoms with Crippen LogP contribution in [0.1, 0.15) is 16.7 Å². The Hall–Kier alpha value is -1.52. The Balaban J connectivity index is 2.58. The summed E-state index contributed by atoms with van der Waals surface area (Å²) < 4.78 is 37.4. The van der Waals surface area contributed by atoms with E-state index in [1.807, 2.05) is 0 Å². The molecule has 0 saturated heterocycles. The minimum Gasteiger partial charge on any atom is -0.383 e. The number of halogens is 3. The Morgan fingerprint density at radius 2 is 2.00 bits per heavy atom. The van der Waals surface area contributed by atoms with Crippen LogP contribution in [-0.2, 0) is 12.7 Å². The molecule has 74 valence electrons. The second kappa shape index (κ2) is 2.73. The van der Waals surface area contributed by atoms with Crippen molar-refractivity contribution in [2.75, 3.05) is 0 Å². The van der Waals surface area contributed by atoms with Gasteiger partial charge in [0.15, 0.2) is 0 Å². The summed E-state index contributed by atoms with van der Waals surface area (Å²) in [6.45, 7) is 0.0247. The molecule has 0 saturated carbocycles. The first-order valence-electron chi connectivity index (χ1n) is 3.99. The van der Waals surface area contributed by atoms with Crippen molar-refractivity contribution in [3.63, 3.8) is 0 Å². The van der Waals surface area contributed by atoms with Crippen molar-refractivity contribution in [1.29, 1.82) is 0 Å². The maximum Gasteiger partial charge on any atom is 0.416 e. The number of aliphatic imine (C=N–C) groups is 1. The van der Waals surface area contributed by atoms with Gasteiger partial charge in [0.1, 0.15) is 5.84 Å². The second-order valence-electron chi connectivity index (χ2n) is 3.03. The molecule has 0 aromatic heterocycles. The third kappa shape index (κ3) is 1.25. The van der Waals surface area contributed by atoms with Gasteiger partial charge < -0.3 is 5.73 Å². The molecule has 0 amide bonds. The summed E-state index contributed by atoms with van der Waals surface area (Å²) in [5.74, 6) is 0.186. The van der Waals surface area contributed by atoms with Crippen LogP contribution in [0.3, 0.4) is 0 Å². The maximum absolute atomic E-state index is 12.5. The third-order valence-electron chi connectivity index (χ3n) is 2.16. The van der Waals surface area contributed by atoms with E-state index in [2.05, 4.69) is 4.99 Å². The van der Waals surface area contributed by atoms with Crippen LogP contribution in [0.2, 0.25) is 0 Å². The highest BCUT2D eigenvalue weighted by molar-refractivity contribution is 6.01. The van der Waals surface area contributed by atoms with Crippen molar-refractivity contribution in [1.82, 2.24) is 0 Å². The number of hydrogen-bond acceptors (Lipinski definition) is 2. The average Bonchev–Trinajstić information content (AvgIpc) is 2.46. The fourth-order valence-electron chi connectivity index (χ4n) is 1.51. The standard InChI is InChI=1S/C9H7F3N2/c10-9(11,12)7-3-1-2-5-6(7)4-14-8(5)13/h1-3H,4H2,(H2,13,14). The van der Waals surface area contributed by atoms with Crippen LogP contribution in [0, 0.1) is 0 Å². The van der Waals surface area contributed by atoms with Gasteiger partial charge in [0, 0.05) is 5.56 Å². The number of benzene rings is 1. The number of hydrogen-bond donors (Lipinski definition) is 1. The van der Waals surface area contributed by atoms with Crippen molar-refractivity contribution in [2.24, 2.45) is 10.7 Å². The van der Waals surface area contributed by atoms with Crippen molar-refractivity contribution >= 4 is 5.84 Å². The lowest BCUT2D eigenvalue weighted by Crippen LogP contribution is -2.13. The van der Waals surface area contributed by atoms with Gasteiger partial charge in [0.2, 0.25) is 0 Å². The molecule has 14 heavy (non-hydrogen) atoms. The number of amidine groups is 1. The molecule has 2 rings (SSSR count). The summed E-state index contributed by atoms with van der Waals surface area (Å²) in [7, 11) is 0. The monoisotopic (exact) mass is 200 g/mol. The van der Waals surface area contributed by atoms with Crippen molar-refractivity contribution in [3.05, 3.63) is 34.9 Å². The summed E-state index contributed by atoms with van der Waals surface area (Å²) in [4.78, 5) is 3.77. The van der Waals surface area contributed by atoms with Gasteiger partial charge in [-0.15, -0.1) is 0 Å². The number of nitrogens with two attached hydrogens (primary N) is 1. The summed E-state index contributed by atoms with van der Waals surface area (Å²) in [5, 5.41) is 0. The molecule has 2 N–H and O–H groups in total. The molecule has 1 aromatic carbocycles. The lowest BCUT2D eigenvalue weighted by Gasteiger charge is -2.10. The summed E-state index contributed by atoms with van der Waals surface area (Å²) >= 11 is 0. The van der Waals surface area contributed by atoms with Gasteiger partial charge in [-0.2, -0.15) is 13.2 Å². The fourth-order valence-corrected chi connectivity index (χ4v) is 1.51. The quantitative estimate of drug-likeness (QED) is 0.682. The minimum absolute atomic E-state index is 0.0247. The summed E-state index contributed by atoms with van der Waals surface area (Å²) in [5.41, 5.74) is 5.38. The lowest BCUT2D eigenvalue weighted by atomic mass is 10.0. The van der Waals surface area contributed by atoms with Crippen LogP contribution in [-0.4, -0.2) is 5.84 Å². The third-order valence-corrected chi connectivity index (χ3v) is 2.16. The van der Waals surface area contributed by atoms with E-state index >= 15 is 0 Å². The molecule has 2 nitrogen and oxygen atoms in total. The molecule has 0 bridgehead atoms. The van der Waals surface area contributed by atoms with Gasteiger partial charge in [-0.05, 0) is 11.6 Å². The van der Waals surface area contributed by atoms with Crippen LogP contribution in [0.25, 0.3) is 0 Å². The first-order chi connectivity index (χ1) is 6.50. The molecule has 0 spiro atoms. The Bertz CT molecular complexity index is 407. The first-order valence-corrected chi connectivity index (χ1v) is 3.99.